The summed E-state index contributed by atoms with van der Waals surface area (Å²) in [4.78, 5) is 24.4. The molecule has 8 heteroatoms. The van der Waals surface area contributed by atoms with Gasteiger partial charge in [0.1, 0.15) is 0 Å². The van der Waals surface area contributed by atoms with Gasteiger partial charge in [0.25, 0.3) is 5.91 Å². The maximum atomic E-state index is 12.4. The number of carbonyl (C=O) groups is 2. The second-order valence-corrected chi connectivity index (χ2v) is 6.07. The molecule has 1 fully saturated rings. The zero-order valence-corrected chi connectivity index (χ0v) is 13.7. The fourth-order valence-electron chi connectivity index (χ4n) is 2.84. The van der Waals surface area contributed by atoms with Gasteiger partial charge in [-0.05, 0) is 37.8 Å². The van der Waals surface area contributed by atoms with E-state index >= 15 is 0 Å². The van der Waals surface area contributed by atoms with Gasteiger partial charge in [0.2, 0.25) is 0 Å². The van der Waals surface area contributed by atoms with E-state index < -0.39 is 6.03 Å². The van der Waals surface area contributed by atoms with E-state index in [1.165, 1.54) is 6.20 Å². The number of aromatic nitrogens is 2. The van der Waals surface area contributed by atoms with Crippen LogP contribution in [0.4, 0.5) is 16.2 Å². The molecule has 25 heavy (non-hydrogen) atoms. The van der Waals surface area contributed by atoms with Crippen LogP contribution < -0.4 is 16.0 Å². The summed E-state index contributed by atoms with van der Waals surface area (Å²) in [5.41, 5.74) is 1.09. The van der Waals surface area contributed by atoms with E-state index in [2.05, 4.69) is 26.1 Å². The Morgan fingerprint density at radius 3 is 2.52 bits per heavy atom. The molecule has 0 saturated heterocycles. The molecule has 1 aliphatic carbocycles. The molecule has 0 aliphatic heterocycles. The molecule has 3 rings (SSSR count). The van der Waals surface area contributed by atoms with Crippen LogP contribution in [0.1, 0.15) is 36.2 Å². The Morgan fingerprint density at radius 2 is 1.80 bits per heavy atom. The Labute approximate surface area is 145 Å². The molecule has 0 radical (unpaired) electrons. The van der Waals surface area contributed by atoms with Gasteiger partial charge in [-0.1, -0.05) is 18.2 Å². The van der Waals surface area contributed by atoms with E-state index in [1.807, 2.05) is 18.2 Å². The number of hydrogen-bond acceptors (Lipinski definition) is 4. The van der Waals surface area contributed by atoms with Crippen molar-refractivity contribution in [2.24, 2.45) is 0 Å². The molecule has 8 nitrogen and oxygen atoms in total. The number of benzene rings is 1. The minimum Gasteiger partial charge on any atom is -0.393 e. The molecule has 0 spiro atoms. The van der Waals surface area contributed by atoms with Gasteiger partial charge >= 0.3 is 6.03 Å². The van der Waals surface area contributed by atoms with Crippen molar-refractivity contribution in [3.05, 3.63) is 42.2 Å². The molecule has 2 aromatic rings. The molecule has 1 heterocycles. The lowest BCUT2D eigenvalue weighted by atomic mass is 9.93. The predicted octanol–water partition coefficient (Wildman–Crippen LogP) is 2.09. The summed E-state index contributed by atoms with van der Waals surface area (Å²) in [6.07, 6.45) is 4.00. The molecule has 1 saturated carbocycles. The summed E-state index contributed by atoms with van der Waals surface area (Å²) in [6.45, 7) is 0. The fourth-order valence-corrected chi connectivity index (χ4v) is 2.84. The lowest BCUT2D eigenvalue weighted by molar-refractivity contribution is 0.0864. The van der Waals surface area contributed by atoms with Crippen molar-refractivity contribution in [3.8, 4) is 0 Å². The minimum atomic E-state index is -0.456. The third-order valence-electron chi connectivity index (χ3n) is 4.17. The number of para-hydroxylation sites is 1. The van der Waals surface area contributed by atoms with Crippen molar-refractivity contribution in [2.75, 3.05) is 10.6 Å². The van der Waals surface area contributed by atoms with Crippen LogP contribution in [0, 0.1) is 0 Å². The number of anilines is 2. The Balaban J connectivity index is 1.58. The van der Waals surface area contributed by atoms with Gasteiger partial charge in [0.15, 0.2) is 5.69 Å². The summed E-state index contributed by atoms with van der Waals surface area (Å²) in [6, 6.07) is 8.56. The van der Waals surface area contributed by atoms with Gasteiger partial charge in [-0.3, -0.25) is 9.89 Å². The Hall–Kier alpha value is -2.87. The first-order chi connectivity index (χ1) is 12.1. The number of nitrogens with one attached hydrogen (secondary N) is 4. The molecular weight excluding hydrogens is 322 g/mol. The summed E-state index contributed by atoms with van der Waals surface area (Å²) in [5, 5.41) is 24.3. The van der Waals surface area contributed by atoms with E-state index in [-0.39, 0.29) is 23.7 Å². The van der Waals surface area contributed by atoms with Gasteiger partial charge < -0.3 is 21.1 Å². The molecule has 132 valence electrons. The van der Waals surface area contributed by atoms with Crippen LogP contribution in [0.5, 0.6) is 0 Å². The van der Waals surface area contributed by atoms with Gasteiger partial charge in [0, 0.05) is 17.9 Å². The zero-order valence-electron chi connectivity index (χ0n) is 13.7. The van der Waals surface area contributed by atoms with Crippen molar-refractivity contribution >= 4 is 23.3 Å². The van der Waals surface area contributed by atoms with Crippen LogP contribution >= 0.6 is 0 Å². The standard InChI is InChI=1S/C17H21N5O3/c23-13-8-6-12(7-9-13)19-16(24)15-14(10-18-22-15)21-17(25)20-11-4-2-1-3-5-11/h1-5,10,12-13,23H,6-9H2,(H,18,22)(H,19,24)(H2,20,21,25). The highest BCUT2D eigenvalue weighted by Crippen LogP contribution is 2.19. The number of hydrogen-bond donors (Lipinski definition) is 5. The topological polar surface area (TPSA) is 119 Å². The monoisotopic (exact) mass is 343 g/mol. The minimum absolute atomic E-state index is 0.0126. The highest BCUT2D eigenvalue weighted by atomic mass is 16.3. The van der Waals surface area contributed by atoms with Gasteiger partial charge in [0.05, 0.1) is 11.8 Å². The molecule has 0 bridgehead atoms. The van der Waals surface area contributed by atoms with E-state index in [9.17, 15) is 14.7 Å². The summed E-state index contributed by atoms with van der Waals surface area (Å²) in [5.74, 6) is -0.349. The Bertz CT molecular complexity index is 723. The summed E-state index contributed by atoms with van der Waals surface area (Å²) < 4.78 is 0. The van der Waals surface area contributed by atoms with Crippen molar-refractivity contribution in [1.29, 1.82) is 0 Å². The van der Waals surface area contributed by atoms with E-state index in [4.69, 9.17) is 0 Å². The lowest BCUT2D eigenvalue weighted by Crippen LogP contribution is -2.39. The fraction of sp³-hybridized carbons (Fsp3) is 0.353. The first kappa shape index (κ1) is 17.0. The normalized spacial score (nSPS) is 19.9. The first-order valence-corrected chi connectivity index (χ1v) is 8.27. The third-order valence-corrected chi connectivity index (χ3v) is 4.17. The van der Waals surface area contributed by atoms with Crippen LogP contribution in [-0.2, 0) is 0 Å². The van der Waals surface area contributed by atoms with Crippen LogP contribution in [0.3, 0.4) is 0 Å². The molecule has 0 atom stereocenters. The number of aliphatic hydroxyl groups excluding tert-OH is 1. The second kappa shape index (κ2) is 7.80. The molecular formula is C17H21N5O3. The SMILES string of the molecule is O=C(Nc1ccccc1)Nc1c[nH]nc1C(=O)NC1CCC(O)CC1. The molecule has 1 aliphatic rings. The first-order valence-electron chi connectivity index (χ1n) is 8.27. The molecule has 5 N–H and O–H groups in total. The summed E-state index contributed by atoms with van der Waals surface area (Å²) >= 11 is 0. The number of nitrogens with zero attached hydrogens (tertiary/aromatic N) is 1. The molecule has 1 aromatic heterocycles. The number of urea groups is 1. The molecule has 1 aromatic carbocycles. The van der Waals surface area contributed by atoms with Gasteiger partial charge in [-0.2, -0.15) is 5.10 Å². The van der Waals surface area contributed by atoms with E-state index in [1.54, 1.807) is 12.1 Å². The molecule has 3 amide bonds. The number of rotatable bonds is 4. The highest BCUT2D eigenvalue weighted by molar-refractivity contribution is 6.05. The van der Waals surface area contributed by atoms with Gasteiger partial charge in [-0.25, -0.2) is 4.79 Å². The van der Waals surface area contributed by atoms with Crippen molar-refractivity contribution in [3.63, 3.8) is 0 Å². The summed E-state index contributed by atoms with van der Waals surface area (Å²) in [7, 11) is 0. The van der Waals surface area contributed by atoms with Crippen LogP contribution in [-0.4, -0.2) is 39.4 Å². The smallest absolute Gasteiger partial charge is 0.323 e. The quantitative estimate of drug-likeness (QED) is 0.584. The number of aromatic amines is 1. The second-order valence-electron chi connectivity index (χ2n) is 6.07. The predicted molar refractivity (Wildman–Crippen MR) is 93.4 cm³/mol. The Kier molecular flexibility index (Phi) is 5.30. The van der Waals surface area contributed by atoms with E-state index in [0.29, 0.717) is 24.2 Å². The number of carbonyl (C=O) groups excluding carboxylic acids is 2. The van der Waals surface area contributed by atoms with E-state index in [0.717, 1.165) is 12.8 Å². The molecule has 0 unspecified atom stereocenters. The average molecular weight is 343 g/mol. The van der Waals surface area contributed by atoms with Gasteiger partial charge in [-0.15, -0.1) is 0 Å². The van der Waals surface area contributed by atoms with Crippen LogP contribution in [0.15, 0.2) is 36.5 Å². The number of H-pyrrole nitrogens is 1. The largest absolute Gasteiger partial charge is 0.393 e. The highest BCUT2D eigenvalue weighted by Gasteiger charge is 2.24. The Morgan fingerprint density at radius 1 is 1.08 bits per heavy atom. The van der Waals surface area contributed by atoms with Crippen LogP contribution in [0.2, 0.25) is 0 Å². The van der Waals surface area contributed by atoms with Crippen molar-refractivity contribution in [2.45, 2.75) is 37.8 Å². The number of aliphatic hydroxyl groups is 1. The zero-order chi connectivity index (χ0) is 17.6. The number of amides is 3. The maximum Gasteiger partial charge on any atom is 0.323 e. The van der Waals surface area contributed by atoms with Crippen molar-refractivity contribution in [1.82, 2.24) is 15.5 Å². The van der Waals surface area contributed by atoms with Crippen LogP contribution in [0.25, 0.3) is 0 Å². The third kappa shape index (κ3) is 4.57. The maximum absolute atomic E-state index is 12.4. The van der Waals surface area contributed by atoms with Crippen molar-refractivity contribution < 1.29 is 14.7 Å². The lowest BCUT2D eigenvalue weighted by Gasteiger charge is -2.25. The average Bonchev–Trinajstić information content (AvgIpc) is 3.06.